The predicted molar refractivity (Wildman–Crippen MR) is 188 cm³/mol. The fraction of sp³-hybridized carbons (Fsp3) is 0. The van der Waals surface area contributed by atoms with E-state index >= 15 is 0 Å². The van der Waals surface area contributed by atoms with E-state index in [2.05, 4.69) is 167 Å². The maximum Gasteiger partial charge on any atom is 0.0542 e. The van der Waals surface area contributed by atoms with Gasteiger partial charge in [0.2, 0.25) is 0 Å². The van der Waals surface area contributed by atoms with Crippen LogP contribution in [0.4, 0.5) is 0 Å². The van der Waals surface area contributed by atoms with Gasteiger partial charge >= 0.3 is 0 Å². The van der Waals surface area contributed by atoms with Crippen LogP contribution in [0.5, 0.6) is 0 Å². The molecule has 0 fully saturated rings. The van der Waals surface area contributed by atoms with Crippen LogP contribution in [0.25, 0.3) is 87.3 Å². The molecular formula is C42H26N2. The van der Waals surface area contributed by atoms with E-state index < -0.39 is 0 Å². The molecular weight excluding hydrogens is 532 g/mol. The molecule has 10 aromatic rings. The zero-order valence-electron chi connectivity index (χ0n) is 23.9. The highest BCUT2D eigenvalue weighted by molar-refractivity contribution is 6.25. The molecule has 204 valence electrons. The molecule has 2 nitrogen and oxygen atoms in total. The fourth-order valence-corrected chi connectivity index (χ4v) is 7.61. The summed E-state index contributed by atoms with van der Waals surface area (Å²) in [5.74, 6) is 0. The largest absolute Gasteiger partial charge is 0.309 e. The highest BCUT2D eigenvalue weighted by atomic mass is 15.0. The third kappa shape index (κ3) is 3.14. The summed E-state index contributed by atoms with van der Waals surface area (Å²) in [5.41, 5.74) is 7.23. The van der Waals surface area contributed by atoms with E-state index in [9.17, 15) is 0 Å². The van der Waals surface area contributed by atoms with Crippen LogP contribution in [-0.2, 0) is 0 Å². The van der Waals surface area contributed by atoms with Gasteiger partial charge in [0.25, 0.3) is 0 Å². The van der Waals surface area contributed by atoms with Crippen molar-refractivity contribution in [3.63, 3.8) is 0 Å². The van der Waals surface area contributed by atoms with Gasteiger partial charge in [-0.1, -0.05) is 109 Å². The highest BCUT2D eigenvalue weighted by Crippen LogP contribution is 2.39. The molecule has 0 spiro atoms. The molecule has 0 saturated carbocycles. The summed E-state index contributed by atoms with van der Waals surface area (Å²) in [4.78, 5) is 0. The van der Waals surface area contributed by atoms with E-state index in [1.165, 1.54) is 87.3 Å². The third-order valence-electron chi connectivity index (χ3n) is 9.48. The van der Waals surface area contributed by atoms with Gasteiger partial charge in [-0.2, -0.15) is 0 Å². The summed E-state index contributed by atoms with van der Waals surface area (Å²) in [6, 6.07) is 57.8. The Morgan fingerprint density at radius 1 is 0.227 bits per heavy atom. The normalized spacial score (nSPS) is 12.1. The van der Waals surface area contributed by atoms with E-state index in [4.69, 9.17) is 0 Å². The molecule has 0 aliphatic heterocycles. The van der Waals surface area contributed by atoms with Crippen molar-refractivity contribution in [2.45, 2.75) is 0 Å². The second kappa shape index (κ2) is 8.82. The van der Waals surface area contributed by atoms with Crippen LogP contribution in [0.2, 0.25) is 0 Å². The van der Waals surface area contributed by atoms with Crippen molar-refractivity contribution in [2.75, 3.05) is 0 Å². The maximum absolute atomic E-state index is 2.43. The summed E-state index contributed by atoms with van der Waals surface area (Å²) in [7, 11) is 0. The van der Waals surface area contributed by atoms with Crippen LogP contribution in [0.3, 0.4) is 0 Å². The zero-order valence-corrected chi connectivity index (χ0v) is 23.9. The summed E-state index contributed by atoms with van der Waals surface area (Å²) < 4.78 is 4.84. The first-order valence-corrected chi connectivity index (χ1v) is 15.2. The van der Waals surface area contributed by atoms with Crippen molar-refractivity contribution >= 4 is 75.9 Å². The molecule has 0 radical (unpaired) electrons. The van der Waals surface area contributed by atoms with Crippen molar-refractivity contribution in [3.8, 4) is 11.4 Å². The van der Waals surface area contributed by atoms with E-state index in [0.717, 1.165) is 0 Å². The first-order chi connectivity index (χ1) is 21.8. The van der Waals surface area contributed by atoms with Gasteiger partial charge in [-0.3, -0.25) is 0 Å². The lowest BCUT2D eigenvalue weighted by molar-refractivity contribution is 1.17. The number of para-hydroxylation sites is 3. The minimum atomic E-state index is 1.17. The van der Waals surface area contributed by atoms with Gasteiger partial charge in [0.05, 0.1) is 22.1 Å². The Morgan fingerprint density at radius 3 is 1.05 bits per heavy atom. The number of rotatable bonds is 2. The average Bonchev–Trinajstić information content (AvgIpc) is 3.61. The summed E-state index contributed by atoms with van der Waals surface area (Å²) in [6.45, 7) is 0. The molecule has 0 saturated heterocycles. The molecule has 10 rings (SSSR count). The lowest BCUT2D eigenvalue weighted by Gasteiger charge is -2.14. The molecule has 0 N–H and O–H groups in total. The molecule has 44 heavy (non-hydrogen) atoms. The molecule has 0 amide bonds. The van der Waals surface area contributed by atoms with Gasteiger partial charge < -0.3 is 9.13 Å². The standard InChI is InChI=1S/C42H26N2/c1-2-13-31-29(11-1)30-12-3-4-14-32(30)37-25-27(21-23-33(31)37)44-41-20-10-7-17-36(41)38-26-28(22-24-42(38)44)43-39-18-8-5-15-34(39)35-16-6-9-19-40(35)43/h1-26H. The maximum atomic E-state index is 2.43. The number of aromatic nitrogens is 2. The summed E-state index contributed by atoms with van der Waals surface area (Å²) in [5, 5.41) is 12.8. The van der Waals surface area contributed by atoms with E-state index in [0.29, 0.717) is 0 Å². The average molecular weight is 559 g/mol. The Morgan fingerprint density at radius 2 is 0.545 bits per heavy atom. The van der Waals surface area contributed by atoms with E-state index in [1.54, 1.807) is 0 Å². The smallest absolute Gasteiger partial charge is 0.0542 e. The van der Waals surface area contributed by atoms with Crippen LogP contribution >= 0.6 is 0 Å². The molecule has 2 aromatic heterocycles. The van der Waals surface area contributed by atoms with Crippen LogP contribution < -0.4 is 0 Å². The van der Waals surface area contributed by atoms with Crippen LogP contribution in [-0.4, -0.2) is 9.13 Å². The monoisotopic (exact) mass is 558 g/mol. The summed E-state index contributed by atoms with van der Waals surface area (Å²) in [6.07, 6.45) is 0. The lowest BCUT2D eigenvalue weighted by atomic mass is 9.94. The van der Waals surface area contributed by atoms with Crippen LogP contribution in [0.1, 0.15) is 0 Å². The van der Waals surface area contributed by atoms with Crippen LogP contribution in [0, 0.1) is 0 Å². The number of hydrogen-bond donors (Lipinski definition) is 0. The van der Waals surface area contributed by atoms with Gasteiger partial charge in [-0.05, 0) is 80.8 Å². The molecule has 0 aliphatic carbocycles. The SMILES string of the molecule is c1ccc2c(c1)c1ccccc1c1cc(-n3c4ccccc4c4cc(-n5c6ccccc6c6ccccc65)ccc43)ccc21. The molecule has 2 heterocycles. The predicted octanol–water partition coefficient (Wildman–Crippen LogP) is 11.3. The zero-order chi connectivity index (χ0) is 28.8. The van der Waals surface area contributed by atoms with Crippen molar-refractivity contribution in [1.29, 1.82) is 0 Å². The van der Waals surface area contributed by atoms with Gasteiger partial charge in [0.15, 0.2) is 0 Å². The Kier molecular flexibility index (Phi) is 4.75. The van der Waals surface area contributed by atoms with Crippen LogP contribution in [0.15, 0.2) is 158 Å². The highest BCUT2D eigenvalue weighted by Gasteiger charge is 2.17. The quantitative estimate of drug-likeness (QED) is 0.187. The van der Waals surface area contributed by atoms with E-state index in [-0.39, 0.29) is 0 Å². The number of fused-ring (bicyclic) bond motifs is 12. The number of hydrogen-bond acceptors (Lipinski definition) is 0. The molecule has 8 aromatic carbocycles. The number of nitrogens with zero attached hydrogens (tertiary/aromatic N) is 2. The van der Waals surface area contributed by atoms with Crippen molar-refractivity contribution < 1.29 is 0 Å². The molecule has 0 unspecified atom stereocenters. The second-order valence-electron chi connectivity index (χ2n) is 11.7. The topological polar surface area (TPSA) is 9.86 Å². The molecule has 0 atom stereocenters. The lowest BCUT2D eigenvalue weighted by Crippen LogP contribution is -1.96. The van der Waals surface area contributed by atoms with Gasteiger partial charge in [0.1, 0.15) is 0 Å². The van der Waals surface area contributed by atoms with Gasteiger partial charge in [-0.15, -0.1) is 0 Å². The molecule has 2 heteroatoms. The Bertz CT molecular complexity index is 2690. The number of benzene rings is 8. The molecule has 0 aliphatic rings. The molecule has 0 bridgehead atoms. The minimum Gasteiger partial charge on any atom is -0.309 e. The van der Waals surface area contributed by atoms with E-state index in [1.807, 2.05) is 0 Å². The first-order valence-electron chi connectivity index (χ1n) is 15.2. The van der Waals surface area contributed by atoms with Crippen molar-refractivity contribution in [2.24, 2.45) is 0 Å². The second-order valence-corrected chi connectivity index (χ2v) is 11.7. The van der Waals surface area contributed by atoms with Gasteiger partial charge in [-0.25, -0.2) is 0 Å². The van der Waals surface area contributed by atoms with Gasteiger partial charge in [0, 0.05) is 32.9 Å². The Labute approximate surface area is 253 Å². The summed E-state index contributed by atoms with van der Waals surface area (Å²) >= 11 is 0. The minimum absolute atomic E-state index is 1.17. The Balaban J connectivity index is 1.27. The van der Waals surface area contributed by atoms with Crippen molar-refractivity contribution in [1.82, 2.24) is 9.13 Å². The first kappa shape index (κ1) is 23.7. The fourth-order valence-electron chi connectivity index (χ4n) is 7.61. The Hall–Kier alpha value is -5.86. The third-order valence-corrected chi connectivity index (χ3v) is 9.48. The van der Waals surface area contributed by atoms with Crippen molar-refractivity contribution in [3.05, 3.63) is 158 Å².